The smallest absolute Gasteiger partial charge is 0.154 e. The zero-order valence-electron chi connectivity index (χ0n) is 13.3. The van der Waals surface area contributed by atoms with Crippen LogP contribution in [0.3, 0.4) is 0 Å². The van der Waals surface area contributed by atoms with Crippen LogP contribution in [0.2, 0.25) is 0 Å². The van der Waals surface area contributed by atoms with E-state index in [9.17, 15) is 0 Å². The number of hydrogen-bond acceptors (Lipinski definition) is 0. The van der Waals surface area contributed by atoms with Gasteiger partial charge in [-0.1, -0.05) is 59.2 Å². The molecule has 0 saturated carbocycles. The predicted molar refractivity (Wildman–Crippen MR) is 89.2 cm³/mol. The highest BCUT2D eigenvalue weighted by Crippen LogP contribution is 2.40. The first-order chi connectivity index (χ1) is 10.0. The molecule has 0 spiro atoms. The largest absolute Gasteiger partial charge is 0.234 e. The number of allylic oxidation sites excluding steroid dienone is 6. The van der Waals surface area contributed by atoms with E-state index in [4.69, 9.17) is 0 Å². The van der Waals surface area contributed by atoms with Crippen LogP contribution in [-0.2, 0) is 5.67 Å². The van der Waals surface area contributed by atoms with Crippen LogP contribution in [0.5, 0.6) is 0 Å². The van der Waals surface area contributed by atoms with Crippen molar-refractivity contribution in [2.75, 3.05) is 0 Å². The first kappa shape index (κ1) is 15.8. The second kappa shape index (κ2) is 6.89. The Morgan fingerprint density at radius 3 is 2.52 bits per heavy atom. The van der Waals surface area contributed by atoms with Crippen LogP contribution in [0.1, 0.15) is 49.3 Å². The average Bonchev–Trinajstić information content (AvgIpc) is 2.43. The van der Waals surface area contributed by atoms with Gasteiger partial charge < -0.3 is 0 Å². The van der Waals surface area contributed by atoms with Crippen LogP contribution in [0.4, 0.5) is 4.39 Å². The summed E-state index contributed by atoms with van der Waals surface area (Å²) in [5.74, 6) is 0. The third-order valence-corrected chi connectivity index (χ3v) is 3.99. The summed E-state index contributed by atoms with van der Waals surface area (Å²) >= 11 is 0. The Hall–Kier alpha value is -1.63. The average molecular weight is 284 g/mol. The number of aryl methyl sites for hydroxylation is 2. The number of rotatable bonds is 4. The maximum atomic E-state index is 15.4. The zero-order chi connectivity index (χ0) is 15.3. The molecule has 0 radical (unpaired) electrons. The van der Waals surface area contributed by atoms with Gasteiger partial charge in [-0.15, -0.1) is 0 Å². The monoisotopic (exact) mass is 284 g/mol. The van der Waals surface area contributed by atoms with Crippen molar-refractivity contribution >= 4 is 0 Å². The van der Waals surface area contributed by atoms with Crippen LogP contribution in [-0.4, -0.2) is 0 Å². The van der Waals surface area contributed by atoms with Gasteiger partial charge in [0.2, 0.25) is 0 Å². The molecule has 1 atom stereocenters. The fourth-order valence-electron chi connectivity index (χ4n) is 3.05. The van der Waals surface area contributed by atoms with Crippen molar-refractivity contribution in [1.82, 2.24) is 0 Å². The van der Waals surface area contributed by atoms with E-state index in [1.54, 1.807) is 0 Å². The summed E-state index contributed by atoms with van der Waals surface area (Å²) < 4.78 is 15.4. The van der Waals surface area contributed by atoms with Gasteiger partial charge in [0.25, 0.3) is 0 Å². The van der Waals surface area contributed by atoms with E-state index in [2.05, 4.69) is 12.1 Å². The molecule has 1 heteroatoms. The summed E-state index contributed by atoms with van der Waals surface area (Å²) in [4.78, 5) is 0. The van der Waals surface area contributed by atoms with Crippen molar-refractivity contribution in [2.24, 2.45) is 0 Å². The number of hydrogen-bond donors (Lipinski definition) is 0. The summed E-state index contributed by atoms with van der Waals surface area (Å²) in [6.45, 7) is 6.07. The summed E-state index contributed by atoms with van der Waals surface area (Å²) in [5.41, 5.74) is 3.00. The van der Waals surface area contributed by atoms with E-state index in [0.29, 0.717) is 6.42 Å². The van der Waals surface area contributed by atoms with Crippen LogP contribution in [0.15, 0.2) is 54.2 Å². The molecule has 1 aliphatic rings. The highest BCUT2D eigenvalue weighted by atomic mass is 19.1. The quantitative estimate of drug-likeness (QED) is 0.463. The molecule has 1 aliphatic carbocycles. The number of benzene rings is 1. The molecule has 0 bridgehead atoms. The minimum absolute atomic E-state index is 0.595. The first-order valence-electron chi connectivity index (χ1n) is 7.79. The minimum Gasteiger partial charge on any atom is -0.234 e. The fraction of sp³-hybridized carbons (Fsp3) is 0.400. The van der Waals surface area contributed by atoms with E-state index in [0.717, 1.165) is 36.0 Å². The highest BCUT2D eigenvalue weighted by Gasteiger charge is 2.32. The van der Waals surface area contributed by atoms with Gasteiger partial charge in [-0.25, -0.2) is 4.39 Å². The molecule has 0 amide bonds. The van der Waals surface area contributed by atoms with E-state index < -0.39 is 5.67 Å². The molecule has 2 rings (SSSR count). The van der Waals surface area contributed by atoms with E-state index in [1.165, 1.54) is 5.57 Å². The molecule has 1 aromatic rings. The lowest BCUT2D eigenvalue weighted by atomic mass is 9.81. The molecule has 0 aromatic heterocycles. The SMILES string of the molecule is C/C=C\C=C/CC1=C[C@](F)(c2cc(C)cc(C)c2)CCC1. The molecule has 0 saturated heterocycles. The summed E-state index contributed by atoms with van der Waals surface area (Å²) in [6, 6.07) is 6.07. The van der Waals surface area contributed by atoms with Crippen molar-refractivity contribution in [3.63, 3.8) is 0 Å². The lowest BCUT2D eigenvalue weighted by Crippen LogP contribution is -2.21. The van der Waals surface area contributed by atoms with Gasteiger partial charge >= 0.3 is 0 Å². The Labute approximate surface area is 128 Å². The lowest BCUT2D eigenvalue weighted by molar-refractivity contribution is 0.201. The second-order valence-corrected chi connectivity index (χ2v) is 6.05. The van der Waals surface area contributed by atoms with Crippen molar-refractivity contribution in [1.29, 1.82) is 0 Å². The van der Waals surface area contributed by atoms with Crippen molar-refractivity contribution in [2.45, 2.75) is 52.1 Å². The molecule has 0 aliphatic heterocycles. The number of halogens is 1. The normalized spacial score (nSPS) is 23.0. The molecule has 0 N–H and O–H groups in total. The Morgan fingerprint density at radius 1 is 1.14 bits per heavy atom. The van der Waals surface area contributed by atoms with E-state index in [1.807, 2.05) is 57.2 Å². The van der Waals surface area contributed by atoms with Crippen LogP contribution < -0.4 is 0 Å². The van der Waals surface area contributed by atoms with Gasteiger partial charge in [0.15, 0.2) is 5.67 Å². The molecule has 0 unspecified atom stereocenters. The van der Waals surface area contributed by atoms with Gasteiger partial charge in [0, 0.05) is 0 Å². The van der Waals surface area contributed by atoms with Gasteiger partial charge in [-0.05, 0) is 58.1 Å². The molecule has 21 heavy (non-hydrogen) atoms. The van der Waals surface area contributed by atoms with Crippen LogP contribution >= 0.6 is 0 Å². The third kappa shape index (κ3) is 4.17. The first-order valence-corrected chi connectivity index (χ1v) is 7.79. The second-order valence-electron chi connectivity index (χ2n) is 6.05. The van der Waals surface area contributed by atoms with Crippen molar-refractivity contribution < 1.29 is 4.39 Å². The molecular formula is C20H25F. The van der Waals surface area contributed by atoms with Crippen LogP contribution in [0.25, 0.3) is 0 Å². The topological polar surface area (TPSA) is 0 Å². The Balaban J connectivity index is 2.24. The molecule has 0 heterocycles. The van der Waals surface area contributed by atoms with Gasteiger partial charge in [-0.2, -0.15) is 0 Å². The zero-order valence-corrected chi connectivity index (χ0v) is 13.3. The van der Waals surface area contributed by atoms with E-state index >= 15 is 4.39 Å². The molecule has 0 fully saturated rings. The fourth-order valence-corrected chi connectivity index (χ4v) is 3.05. The predicted octanol–water partition coefficient (Wildman–Crippen LogP) is 6.10. The molecule has 112 valence electrons. The third-order valence-electron chi connectivity index (χ3n) is 3.99. The highest BCUT2D eigenvalue weighted by molar-refractivity contribution is 5.37. The summed E-state index contributed by atoms with van der Waals surface area (Å²) in [7, 11) is 0. The maximum absolute atomic E-state index is 15.4. The minimum atomic E-state index is -1.29. The Kier molecular flexibility index (Phi) is 5.17. The van der Waals surface area contributed by atoms with Gasteiger partial charge in [0.1, 0.15) is 0 Å². The lowest BCUT2D eigenvalue weighted by Gasteiger charge is -2.28. The van der Waals surface area contributed by atoms with Crippen molar-refractivity contribution in [3.8, 4) is 0 Å². The van der Waals surface area contributed by atoms with Gasteiger partial charge in [0.05, 0.1) is 0 Å². The molecule has 1 aromatic carbocycles. The Morgan fingerprint density at radius 2 is 1.86 bits per heavy atom. The summed E-state index contributed by atoms with van der Waals surface area (Å²) in [6.07, 6.45) is 13.4. The maximum Gasteiger partial charge on any atom is 0.154 e. The van der Waals surface area contributed by atoms with Crippen LogP contribution in [0, 0.1) is 13.8 Å². The van der Waals surface area contributed by atoms with E-state index in [-0.39, 0.29) is 0 Å². The Bertz CT molecular complexity index is 557. The number of alkyl halides is 1. The molecule has 0 nitrogen and oxygen atoms in total. The van der Waals surface area contributed by atoms with Gasteiger partial charge in [-0.3, -0.25) is 0 Å². The summed E-state index contributed by atoms with van der Waals surface area (Å²) in [5, 5.41) is 0. The molecular weight excluding hydrogens is 259 g/mol. The van der Waals surface area contributed by atoms with Crippen molar-refractivity contribution in [3.05, 3.63) is 70.8 Å². The standard InChI is InChI=1S/C20H25F/c1-4-5-6-7-9-18-10-8-11-20(21,15-18)19-13-16(2)12-17(3)14-19/h4-7,12-15H,8-11H2,1-3H3/b5-4-,7-6-/t20-/m0/s1.